The Bertz CT molecular complexity index is 391. The van der Waals surface area contributed by atoms with E-state index in [9.17, 15) is 9.90 Å². The lowest BCUT2D eigenvalue weighted by Gasteiger charge is -2.28. The number of aromatic nitrogens is 1. The van der Waals surface area contributed by atoms with Crippen LogP contribution in [-0.4, -0.2) is 39.2 Å². The largest absolute Gasteiger partial charge is 0.389 e. The smallest absolute Gasteiger partial charge is 0.270 e. The van der Waals surface area contributed by atoms with E-state index in [0.29, 0.717) is 18.8 Å². The maximum absolute atomic E-state index is 12.4. The zero-order chi connectivity index (χ0) is 13.8. The van der Waals surface area contributed by atoms with Gasteiger partial charge in [0.15, 0.2) is 0 Å². The van der Waals surface area contributed by atoms with Crippen LogP contribution in [0.4, 0.5) is 0 Å². The summed E-state index contributed by atoms with van der Waals surface area (Å²) in [6.45, 7) is 9.23. The van der Waals surface area contributed by atoms with Crippen molar-refractivity contribution in [3.8, 4) is 0 Å². The molecule has 0 unspecified atom stereocenters. The van der Waals surface area contributed by atoms with Crippen LogP contribution >= 0.6 is 0 Å². The first kappa shape index (κ1) is 14.8. The van der Waals surface area contributed by atoms with Crippen LogP contribution in [0.5, 0.6) is 0 Å². The van der Waals surface area contributed by atoms with Crippen molar-refractivity contribution in [3.63, 3.8) is 0 Å². The Morgan fingerprint density at radius 2 is 2.11 bits per heavy atom. The van der Waals surface area contributed by atoms with Crippen molar-refractivity contribution in [3.05, 3.63) is 24.0 Å². The van der Waals surface area contributed by atoms with Gasteiger partial charge in [0.1, 0.15) is 5.69 Å². The molecule has 0 saturated carbocycles. The van der Waals surface area contributed by atoms with Crippen molar-refractivity contribution >= 4 is 5.91 Å². The maximum atomic E-state index is 12.4. The number of hydrogen-bond acceptors (Lipinski definition) is 2. The quantitative estimate of drug-likeness (QED) is 0.843. The molecule has 18 heavy (non-hydrogen) atoms. The van der Waals surface area contributed by atoms with E-state index < -0.39 is 5.60 Å². The van der Waals surface area contributed by atoms with Gasteiger partial charge in [-0.25, -0.2) is 0 Å². The van der Waals surface area contributed by atoms with E-state index in [1.54, 1.807) is 18.7 Å². The molecule has 1 N–H and O–H groups in total. The molecule has 1 amide bonds. The molecule has 102 valence electrons. The van der Waals surface area contributed by atoms with E-state index in [1.165, 1.54) is 0 Å². The number of nitrogens with zero attached hydrogens (tertiary/aromatic N) is 2. The van der Waals surface area contributed by atoms with Crippen molar-refractivity contribution in [2.45, 2.75) is 46.3 Å². The first-order chi connectivity index (χ1) is 8.39. The Morgan fingerprint density at radius 3 is 2.61 bits per heavy atom. The van der Waals surface area contributed by atoms with Crippen molar-refractivity contribution in [1.29, 1.82) is 0 Å². The molecule has 1 heterocycles. The first-order valence-electron chi connectivity index (χ1n) is 6.55. The third-order valence-electron chi connectivity index (χ3n) is 2.76. The number of rotatable bonds is 6. The summed E-state index contributed by atoms with van der Waals surface area (Å²) in [6.07, 6.45) is 2.92. The lowest BCUT2D eigenvalue weighted by molar-refractivity contribution is 0.0309. The monoisotopic (exact) mass is 252 g/mol. The highest BCUT2D eigenvalue weighted by atomic mass is 16.3. The Morgan fingerprint density at radius 1 is 1.44 bits per heavy atom. The number of amides is 1. The summed E-state index contributed by atoms with van der Waals surface area (Å²) >= 11 is 0. The van der Waals surface area contributed by atoms with Crippen LogP contribution in [0.25, 0.3) is 0 Å². The molecule has 1 aromatic rings. The number of carbonyl (C=O) groups is 1. The lowest BCUT2D eigenvalue weighted by atomic mass is 10.1. The molecule has 1 aromatic heterocycles. The van der Waals surface area contributed by atoms with Gasteiger partial charge in [-0.05, 0) is 39.3 Å². The number of hydrogen-bond donors (Lipinski definition) is 1. The van der Waals surface area contributed by atoms with Gasteiger partial charge in [-0.2, -0.15) is 0 Å². The van der Waals surface area contributed by atoms with Crippen molar-refractivity contribution in [2.75, 3.05) is 13.1 Å². The molecule has 4 nitrogen and oxygen atoms in total. The number of carbonyl (C=O) groups excluding carboxylic acids is 1. The van der Waals surface area contributed by atoms with Gasteiger partial charge in [-0.1, -0.05) is 6.92 Å². The van der Waals surface area contributed by atoms with Gasteiger partial charge in [-0.3, -0.25) is 4.79 Å². The minimum atomic E-state index is -0.867. The number of aryl methyl sites for hydroxylation is 1. The van der Waals surface area contributed by atoms with Gasteiger partial charge in [-0.15, -0.1) is 0 Å². The number of aliphatic hydroxyl groups is 1. The topological polar surface area (TPSA) is 45.5 Å². The molecule has 0 spiro atoms. The molecule has 0 aromatic carbocycles. The minimum Gasteiger partial charge on any atom is -0.389 e. The zero-order valence-electron chi connectivity index (χ0n) is 11.8. The van der Waals surface area contributed by atoms with Crippen LogP contribution in [0.15, 0.2) is 18.3 Å². The van der Waals surface area contributed by atoms with Crippen LogP contribution < -0.4 is 0 Å². The Balaban J connectivity index is 2.86. The van der Waals surface area contributed by atoms with Crippen molar-refractivity contribution in [1.82, 2.24) is 9.47 Å². The minimum absolute atomic E-state index is 0.0157. The third-order valence-corrected chi connectivity index (χ3v) is 2.76. The summed E-state index contributed by atoms with van der Waals surface area (Å²) in [5.41, 5.74) is -0.170. The normalized spacial score (nSPS) is 11.6. The van der Waals surface area contributed by atoms with E-state index in [4.69, 9.17) is 0 Å². The highest BCUT2D eigenvalue weighted by Crippen LogP contribution is 2.11. The average molecular weight is 252 g/mol. The Kier molecular flexibility index (Phi) is 4.96. The second kappa shape index (κ2) is 6.05. The molecule has 0 radical (unpaired) electrons. The van der Waals surface area contributed by atoms with Crippen LogP contribution in [-0.2, 0) is 6.54 Å². The lowest BCUT2D eigenvalue weighted by Crippen LogP contribution is -2.42. The summed E-state index contributed by atoms with van der Waals surface area (Å²) in [5.74, 6) is -0.0157. The Hall–Kier alpha value is -1.29. The highest BCUT2D eigenvalue weighted by molar-refractivity contribution is 5.92. The van der Waals surface area contributed by atoms with Gasteiger partial charge in [0.25, 0.3) is 5.91 Å². The van der Waals surface area contributed by atoms with Crippen LogP contribution in [0.3, 0.4) is 0 Å². The predicted molar refractivity (Wildman–Crippen MR) is 72.6 cm³/mol. The first-order valence-corrected chi connectivity index (χ1v) is 6.55. The van der Waals surface area contributed by atoms with E-state index in [2.05, 4.69) is 6.92 Å². The molecule has 0 aliphatic carbocycles. The molecule has 0 aliphatic rings. The van der Waals surface area contributed by atoms with E-state index in [1.807, 2.05) is 29.8 Å². The number of likely N-dealkylation sites (N-methyl/N-ethyl adjacent to an activating group) is 1. The van der Waals surface area contributed by atoms with E-state index in [-0.39, 0.29) is 5.91 Å². The SMILES string of the molecule is CCCn1cccc1C(=O)N(CC)CC(C)(C)O. The average Bonchev–Trinajstić information content (AvgIpc) is 2.72. The molecule has 4 heteroatoms. The summed E-state index contributed by atoms with van der Waals surface area (Å²) < 4.78 is 1.97. The van der Waals surface area contributed by atoms with Gasteiger partial charge in [0, 0.05) is 25.8 Å². The van der Waals surface area contributed by atoms with Crippen LogP contribution in [0.2, 0.25) is 0 Å². The standard InChI is InChI=1S/C14H24N2O2/c1-5-9-16-10-7-8-12(16)13(17)15(6-2)11-14(3,4)18/h7-8,10,18H,5-6,9,11H2,1-4H3. The van der Waals surface area contributed by atoms with Crippen LogP contribution in [0.1, 0.15) is 44.6 Å². The predicted octanol–water partition coefficient (Wildman–Crippen LogP) is 2.13. The van der Waals surface area contributed by atoms with E-state index in [0.717, 1.165) is 13.0 Å². The molecule has 0 saturated heterocycles. The van der Waals surface area contributed by atoms with Gasteiger partial charge in [0.2, 0.25) is 0 Å². The molecule has 0 fully saturated rings. The van der Waals surface area contributed by atoms with Gasteiger partial charge < -0.3 is 14.6 Å². The summed E-state index contributed by atoms with van der Waals surface area (Å²) in [7, 11) is 0. The Labute approximate surface area is 109 Å². The fourth-order valence-electron chi connectivity index (χ4n) is 2.00. The fourth-order valence-corrected chi connectivity index (χ4v) is 2.00. The summed E-state index contributed by atoms with van der Waals surface area (Å²) in [4.78, 5) is 14.1. The summed E-state index contributed by atoms with van der Waals surface area (Å²) in [6, 6.07) is 3.73. The molecule has 0 aliphatic heterocycles. The fraction of sp³-hybridized carbons (Fsp3) is 0.643. The van der Waals surface area contributed by atoms with Gasteiger partial charge in [0.05, 0.1) is 5.60 Å². The summed E-state index contributed by atoms with van der Waals surface area (Å²) in [5, 5.41) is 9.84. The van der Waals surface area contributed by atoms with Crippen molar-refractivity contribution in [2.24, 2.45) is 0 Å². The molecule has 0 atom stereocenters. The van der Waals surface area contributed by atoms with Crippen LogP contribution in [0, 0.1) is 0 Å². The molecular weight excluding hydrogens is 228 g/mol. The van der Waals surface area contributed by atoms with E-state index >= 15 is 0 Å². The highest BCUT2D eigenvalue weighted by Gasteiger charge is 2.23. The zero-order valence-corrected chi connectivity index (χ0v) is 11.8. The third kappa shape index (κ3) is 3.88. The second-order valence-corrected chi connectivity index (χ2v) is 5.22. The molecular formula is C14H24N2O2. The molecule has 0 bridgehead atoms. The van der Waals surface area contributed by atoms with Crippen molar-refractivity contribution < 1.29 is 9.90 Å². The second-order valence-electron chi connectivity index (χ2n) is 5.22. The van der Waals surface area contributed by atoms with Gasteiger partial charge >= 0.3 is 0 Å². The maximum Gasteiger partial charge on any atom is 0.270 e. The molecule has 1 rings (SSSR count).